The van der Waals surface area contributed by atoms with Crippen molar-refractivity contribution >= 4 is 22.9 Å². The second-order valence-electron chi connectivity index (χ2n) is 4.46. The van der Waals surface area contributed by atoms with E-state index in [0.29, 0.717) is 11.0 Å². The second kappa shape index (κ2) is 7.21. The molecule has 0 bridgehead atoms. The first-order valence-electron chi connectivity index (χ1n) is 6.32. The van der Waals surface area contributed by atoms with E-state index in [9.17, 15) is 0 Å². The molecule has 100 valence electrons. The summed E-state index contributed by atoms with van der Waals surface area (Å²) in [4.78, 5) is 0.405. The van der Waals surface area contributed by atoms with Crippen molar-refractivity contribution in [3.63, 3.8) is 0 Å². The van der Waals surface area contributed by atoms with Crippen LogP contribution in [0.1, 0.15) is 38.7 Å². The van der Waals surface area contributed by atoms with E-state index < -0.39 is 0 Å². The van der Waals surface area contributed by atoms with Crippen molar-refractivity contribution in [1.82, 2.24) is 0 Å². The number of rotatable bonds is 7. The SMILES string of the molecule is CCCCC(C)Nc1cc(OC)ccc1C(N)=S. The molecule has 0 saturated heterocycles. The number of benzene rings is 1. The summed E-state index contributed by atoms with van der Waals surface area (Å²) >= 11 is 5.07. The molecule has 0 saturated carbocycles. The van der Waals surface area contributed by atoms with Gasteiger partial charge in [-0.1, -0.05) is 32.0 Å². The summed E-state index contributed by atoms with van der Waals surface area (Å²) < 4.78 is 5.23. The summed E-state index contributed by atoms with van der Waals surface area (Å²) in [6, 6.07) is 6.11. The number of methoxy groups -OCH3 is 1. The van der Waals surface area contributed by atoms with Gasteiger partial charge in [0.25, 0.3) is 0 Å². The lowest BCUT2D eigenvalue weighted by atomic mass is 10.1. The fourth-order valence-electron chi connectivity index (χ4n) is 1.83. The zero-order valence-electron chi connectivity index (χ0n) is 11.3. The Morgan fingerprint density at radius 1 is 1.50 bits per heavy atom. The Balaban J connectivity index is 2.86. The molecule has 4 heteroatoms. The third kappa shape index (κ3) is 4.18. The molecule has 1 rings (SSSR count). The van der Waals surface area contributed by atoms with Crippen LogP contribution in [0.5, 0.6) is 5.75 Å². The minimum absolute atomic E-state index is 0.394. The maximum atomic E-state index is 5.73. The Morgan fingerprint density at radius 2 is 2.22 bits per heavy atom. The van der Waals surface area contributed by atoms with Gasteiger partial charge < -0.3 is 15.8 Å². The fraction of sp³-hybridized carbons (Fsp3) is 0.500. The summed E-state index contributed by atoms with van der Waals surface area (Å²) in [6.07, 6.45) is 3.54. The molecular formula is C14H22N2OS. The third-order valence-corrected chi connectivity index (χ3v) is 3.10. The molecule has 0 aliphatic carbocycles. The van der Waals surface area contributed by atoms with Gasteiger partial charge in [-0.2, -0.15) is 0 Å². The lowest BCUT2D eigenvalue weighted by molar-refractivity contribution is 0.415. The van der Waals surface area contributed by atoms with Crippen LogP contribution in [0, 0.1) is 0 Å². The van der Waals surface area contributed by atoms with Crippen molar-refractivity contribution in [1.29, 1.82) is 0 Å². The molecule has 0 aliphatic heterocycles. The standard InChI is InChI=1S/C14H22N2OS/c1-4-5-6-10(2)16-13-9-11(17-3)7-8-12(13)14(15)18/h7-10,16H,4-6H2,1-3H3,(H2,15,18). The molecular weight excluding hydrogens is 244 g/mol. The van der Waals surface area contributed by atoms with Crippen LogP contribution in [0.4, 0.5) is 5.69 Å². The zero-order chi connectivity index (χ0) is 13.5. The first-order chi connectivity index (χ1) is 8.58. The highest BCUT2D eigenvalue weighted by Gasteiger charge is 2.09. The zero-order valence-corrected chi connectivity index (χ0v) is 12.1. The molecule has 0 spiro atoms. The van der Waals surface area contributed by atoms with Gasteiger partial charge in [-0.15, -0.1) is 0 Å². The Morgan fingerprint density at radius 3 is 2.78 bits per heavy atom. The van der Waals surface area contributed by atoms with Crippen LogP contribution >= 0.6 is 12.2 Å². The van der Waals surface area contributed by atoms with Gasteiger partial charge in [0.05, 0.1) is 7.11 Å². The average molecular weight is 266 g/mol. The van der Waals surface area contributed by atoms with E-state index in [4.69, 9.17) is 22.7 Å². The molecule has 0 aliphatic rings. The number of anilines is 1. The molecule has 18 heavy (non-hydrogen) atoms. The van der Waals surface area contributed by atoms with Crippen molar-refractivity contribution in [2.75, 3.05) is 12.4 Å². The highest BCUT2D eigenvalue weighted by molar-refractivity contribution is 7.80. The molecule has 0 aromatic heterocycles. The van der Waals surface area contributed by atoms with Gasteiger partial charge in [-0.25, -0.2) is 0 Å². The number of unbranched alkanes of at least 4 members (excludes halogenated alkanes) is 1. The molecule has 0 amide bonds. The smallest absolute Gasteiger partial charge is 0.120 e. The lowest BCUT2D eigenvalue weighted by Crippen LogP contribution is -2.19. The van der Waals surface area contributed by atoms with Crippen LogP contribution in [-0.4, -0.2) is 18.1 Å². The number of hydrogen-bond donors (Lipinski definition) is 2. The van der Waals surface area contributed by atoms with Crippen LogP contribution < -0.4 is 15.8 Å². The minimum Gasteiger partial charge on any atom is -0.497 e. The van der Waals surface area contributed by atoms with Gasteiger partial charge in [-0.05, 0) is 25.5 Å². The first kappa shape index (κ1) is 14.8. The molecule has 0 radical (unpaired) electrons. The van der Waals surface area contributed by atoms with Crippen molar-refractivity contribution in [2.24, 2.45) is 5.73 Å². The van der Waals surface area contributed by atoms with Gasteiger partial charge in [0, 0.05) is 23.4 Å². The van der Waals surface area contributed by atoms with E-state index in [2.05, 4.69) is 19.2 Å². The van der Waals surface area contributed by atoms with Gasteiger partial charge in [-0.3, -0.25) is 0 Å². The molecule has 1 atom stereocenters. The second-order valence-corrected chi connectivity index (χ2v) is 4.90. The maximum Gasteiger partial charge on any atom is 0.120 e. The topological polar surface area (TPSA) is 47.3 Å². The predicted octanol–water partition coefficient (Wildman–Crippen LogP) is 3.32. The third-order valence-electron chi connectivity index (χ3n) is 2.88. The van der Waals surface area contributed by atoms with Crippen molar-refractivity contribution in [3.05, 3.63) is 23.8 Å². The average Bonchev–Trinajstić information content (AvgIpc) is 2.35. The van der Waals surface area contributed by atoms with E-state index in [1.165, 1.54) is 12.8 Å². The molecule has 1 aromatic rings. The Kier molecular flexibility index (Phi) is 5.92. The van der Waals surface area contributed by atoms with E-state index >= 15 is 0 Å². The first-order valence-corrected chi connectivity index (χ1v) is 6.73. The van der Waals surface area contributed by atoms with E-state index in [-0.39, 0.29) is 0 Å². The monoisotopic (exact) mass is 266 g/mol. The Hall–Kier alpha value is -1.29. The number of nitrogens with one attached hydrogen (secondary N) is 1. The Labute approximate surface area is 115 Å². The molecule has 3 N–H and O–H groups in total. The predicted molar refractivity (Wildman–Crippen MR) is 81.5 cm³/mol. The van der Waals surface area contributed by atoms with E-state index in [1.54, 1.807) is 7.11 Å². The molecule has 1 unspecified atom stereocenters. The highest BCUT2D eigenvalue weighted by Crippen LogP contribution is 2.24. The van der Waals surface area contributed by atoms with Crippen molar-refractivity contribution in [2.45, 2.75) is 39.2 Å². The van der Waals surface area contributed by atoms with Crippen LogP contribution in [0.25, 0.3) is 0 Å². The van der Waals surface area contributed by atoms with Crippen LogP contribution in [0.15, 0.2) is 18.2 Å². The summed E-state index contributed by atoms with van der Waals surface area (Å²) in [5.41, 5.74) is 7.55. The summed E-state index contributed by atoms with van der Waals surface area (Å²) in [6.45, 7) is 4.36. The molecule has 3 nitrogen and oxygen atoms in total. The normalized spacial score (nSPS) is 11.9. The van der Waals surface area contributed by atoms with Gasteiger partial charge in [0.15, 0.2) is 0 Å². The van der Waals surface area contributed by atoms with Crippen molar-refractivity contribution < 1.29 is 4.74 Å². The van der Waals surface area contributed by atoms with Crippen LogP contribution in [0.2, 0.25) is 0 Å². The van der Waals surface area contributed by atoms with Gasteiger partial charge >= 0.3 is 0 Å². The molecule has 1 aromatic carbocycles. The number of thiocarbonyl (C=S) groups is 1. The molecule has 0 heterocycles. The molecule has 0 fully saturated rings. The van der Waals surface area contributed by atoms with Crippen LogP contribution in [-0.2, 0) is 0 Å². The van der Waals surface area contributed by atoms with E-state index in [0.717, 1.165) is 23.4 Å². The summed E-state index contributed by atoms with van der Waals surface area (Å²) in [5, 5.41) is 3.45. The highest BCUT2D eigenvalue weighted by atomic mass is 32.1. The van der Waals surface area contributed by atoms with Crippen molar-refractivity contribution in [3.8, 4) is 5.75 Å². The maximum absolute atomic E-state index is 5.73. The lowest BCUT2D eigenvalue weighted by Gasteiger charge is -2.18. The van der Waals surface area contributed by atoms with Crippen LogP contribution in [0.3, 0.4) is 0 Å². The minimum atomic E-state index is 0.394. The van der Waals surface area contributed by atoms with Gasteiger partial charge in [0.2, 0.25) is 0 Å². The number of ether oxygens (including phenoxy) is 1. The summed E-state index contributed by atoms with van der Waals surface area (Å²) in [5.74, 6) is 0.806. The Bertz CT molecular complexity index is 407. The summed E-state index contributed by atoms with van der Waals surface area (Å²) in [7, 11) is 1.65. The largest absolute Gasteiger partial charge is 0.497 e. The quantitative estimate of drug-likeness (QED) is 0.743. The van der Waals surface area contributed by atoms with Gasteiger partial charge in [0.1, 0.15) is 10.7 Å². The fourth-order valence-corrected chi connectivity index (χ4v) is 2.01. The number of nitrogens with two attached hydrogens (primary N) is 1. The van der Waals surface area contributed by atoms with E-state index in [1.807, 2.05) is 18.2 Å². The number of hydrogen-bond acceptors (Lipinski definition) is 3.